The molecule has 0 saturated carbocycles. The Hall–Kier alpha value is -8.48. The van der Waals surface area contributed by atoms with Crippen LogP contribution in [0.25, 0.3) is 122 Å². The van der Waals surface area contributed by atoms with Crippen LogP contribution in [-0.2, 0) is 0 Å². The van der Waals surface area contributed by atoms with E-state index in [1.54, 1.807) is 0 Å². The molecule has 0 fully saturated rings. The van der Waals surface area contributed by atoms with Gasteiger partial charge in [0.25, 0.3) is 0 Å². The van der Waals surface area contributed by atoms with Crippen molar-refractivity contribution in [2.75, 3.05) is 0 Å². The molecule has 0 aliphatic heterocycles. The topological polar surface area (TPSA) is 77.3 Å². The average molecular weight is 791 g/mol. The lowest BCUT2D eigenvalue weighted by atomic mass is 9.93. The first-order valence-corrected chi connectivity index (χ1v) is 20.7. The molecule has 0 bridgehead atoms. The molecule has 0 N–H and O–H groups in total. The second-order valence-electron chi connectivity index (χ2n) is 15.5. The van der Waals surface area contributed by atoms with Gasteiger partial charge < -0.3 is 0 Å². The molecule has 0 aliphatic rings. The Bertz CT molecular complexity index is 3640. The fourth-order valence-corrected chi connectivity index (χ4v) is 8.56. The van der Waals surface area contributed by atoms with Gasteiger partial charge in [0.15, 0.2) is 5.82 Å². The first-order valence-electron chi connectivity index (χ1n) is 20.7. The Labute approximate surface area is 357 Å². The van der Waals surface area contributed by atoms with Gasteiger partial charge in [0.1, 0.15) is 0 Å². The normalized spacial score (nSPS) is 11.5. The van der Waals surface area contributed by atoms with Gasteiger partial charge in [-0.15, -0.1) is 0 Å². The van der Waals surface area contributed by atoms with Gasteiger partial charge in [-0.1, -0.05) is 158 Å². The van der Waals surface area contributed by atoms with Crippen LogP contribution >= 0.6 is 0 Å². The number of hydrogen-bond donors (Lipinski definition) is 0. The van der Waals surface area contributed by atoms with E-state index in [2.05, 4.69) is 138 Å². The number of benzene rings is 7. The summed E-state index contributed by atoms with van der Waals surface area (Å²) < 4.78 is 0. The SMILES string of the molecule is c1ccc(-c2cc(-c3ccc4ccc(-c5ccc6ccc(-c7ccc(-c8ccc9ccc%10cccnc%10c9n8)c8ccccc78)cc6n5)cc4n3)nc(-c3ccccc3)n2)cc1. The highest BCUT2D eigenvalue weighted by molar-refractivity contribution is 6.07. The lowest BCUT2D eigenvalue weighted by Gasteiger charge is -2.13. The van der Waals surface area contributed by atoms with Crippen molar-refractivity contribution in [2.45, 2.75) is 0 Å². The highest BCUT2D eigenvalue weighted by Crippen LogP contribution is 2.38. The second-order valence-corrected chi connectivity index (χ2v) is 15.5. The molecule has 62 heavy (non-hydrogen) atoms. The van der Waals surface area contributed by atoms with Crippen molar-refractivity contribution in [1.82, 2.24) is 29.9 Å². The summed E-state index contributed by atoms with van der Waals surface area (Å²) in [6, 6.07) is 69.2. The quantitative estimate of drug-likeness (QED) is 0.156. The van der Waals surface area contributed by atoms with E-state index in [4.69, 9.17) is 24.9 Å². The molecule has 6 heteroatoms. The van der Waals surface area contributed by atoms with Crippen molar-refractivity contribution in [3.05, 3.63) is 206 Å². The molecule has 0 aliphatic carbocycles. The molecular weight excluding hydrogens is 757 g/mol. The molecule has 5 aromatic heterocycles. The van der Waals surface area contributed by atoms with Gasteiger partial charge in [0.2, 0.25) is 0 Å². The maximum atomic E-state index is 5.24. The summed E-state index contributed by atoms with van der Waals surface area (Å²) in [5.41, 5.74) is 14.1. The largest absolute Gasteiger partial charge is 0.254 e. The van der Waals surface area contributed by atoms with Gasteiger partial charge >= 0.3 is 0 Å². The average Bonchev–Trinajstić information content (AvgIpc) is 3.35. The monoisotopic (exact) mass is 790 g/mol. The Morgan fingerprint density at radius 2 is 0.839 bits per heavy atom. The van der Waals surface area contributed by atoms with Gasteiger partial charge in [0, 0.05) is 50.0 Å². The lowest BCUT2D eigenvalue weighted by molar-refractivity contribution is 1.17. The van der Waals surface area contributed by atoms with Crippen LogP contribution in [0.15, 0.2) is 206 Å². The predicted octanol–water partition coefficient (Wildman–Crippen LogP) is 13.8. The molecule has 0 spiro atoms. The molecule has 12 rings (SSSR count). The Morgan fingerprint density at radius 1 is 0.274 bits per heavy atom. The minimum atomic E-state index is 0.662. The third-order valence-corrected chi connectivity index (χ3v) is 11.7. The minimum Gasteiger partial charge on any atom is -0.254 e. The third kappa shape index (κ3) is 6.30. The molecule has 0 radical (unpaired) electrons. The zero-order valence-corrected chi connectivity index (χ0v) is 33.3. The van der Waals surface area contributed by atoms with Gasteiger partial charge in [-0.25, -0.2) is 24.9 Å². The van der Waals surface area contributed by atoms with Crippen molar-refractivity contribution < 1.29 is 0 Å². The minimum absolute atomic E-state index is 0.662. The number of hydrogen-bond acceptors (Lipinski definition) is 6. The van der Waals surface area contributed by atoms with E-state index >= 15 is 0 Å². The van der Waals surface area contributed by atoms with Gasteiger partial charge in [-0.3, -0.25) is 4.98 Å². The smallest absolute Gasteiger partial charge is 0.160 e. The standard InChI is InChI=1S/C56H34N6/c1-3-10-35(11-4-1)52-34-53(62-56(61-52)40-12-5-2-6-13-40)49-30-24-37-18-22-42(33-51(37)59-49)47-28-23-36-17-21-41(32-50(36)58-47)43-26-27-46(45-16-8-7-15-44(43)45)48-29-25-39-20-19-38-14-9-31-57-54(38)55(39)60-48/h1-34H. The molecule has 0 atom stereocenters. The Balaban J connectivity index is 0.912. The molecule has 12 aromatic rings. The predicted molar refractivity (Wildman–Crippen MR) is 253 cm³/mol. The van der Waals surface area contributed by atoms with Crippen LogP contribution in [0.5, 0.6) is 0 Å². The van der Waals surface area contributed by atoms with Crippen LogP contribution in [0.4, 0.5) is 0 Å². The van der Waals surface area contributed by atoms with Crippen LogP contribution in [0, 0.1) is 0 Å². The Kier molecular flexibility index (Phi) is 8.38. The van der Waals surface area contributed by atoms with E-state index in [-0.39, 0.29) is 0 Å². The van der Waals surface area contributed by atoms with Crippen LogP contribution in [0.1, 0.15) is 0 Å². The summed E-state index contributed by atoms with van der Waals surface area (Å²) in [5.74, 6) is 0.662. The molecule has 7 aromatic carbocycles. The molecule has 0 saturated heterocycles. The second kappa shape index (κ2) is 14.7. The fraction of sp³-hybridized carbons (Fsp3) is 0. The van der Waals surface area contributed by atoms with Crippen LogP contribution in [0.2, 0.25) is 0 Å². The van der Waals surface area contributed by atoms with Crippen molar-refractivity contribution in [1.29, 1.82) is 0 Å². The van der Waals surface area contributed by atoms with Crippen molar-refractivity contribution >= 4 is 54.4 Å². The van der Waals surface area contributed by atoms with E-state index < -0.39 is 0 Å². The van der Waals surface area contributed by atoms with Gasteiger partial charge in [-0.05, 0) is 64.4 Å². The fourth-order valence-electron chi connectivity index (χ4n) is 8.56. The van der Waals surface area contributed by atoms with E-state index in [1.807, 2.05) is 72.9 Å². The van der Waals surface area contributed by atoms with E-state index in [1.165, 1.54) is 0 Å². The van der Waals surface area contributed by atoms with Crippen molar-refractivity contribution in [3.8, 4) is 67.7 Å². The maximum absolute atomic E-state index is 5.24. The van der Waals surface area contributed by atoms with Crippen LogP contribution in [-0.4, -0.2) is 29.9 Å². The summed E-state index contributed by atoms with van der Waals surface area (Å²) in [6.45, 7) is 0. The zero-order valence-electron chi connectivity index (χ0n) is 33.3. The zero-order chi connectivity index (χ0) is 41.0. The first-order chi connectivity index (χ1) is 30.7. The highest BCUT2D eigenvalue weighted by Gasteiger charge is 2.15. The number of aromatic nitrogens is 6. The first kappa shape index (κ1) is 35.5. The van der Waals surface area contributed by atoms with E-state index in [0.717, 1.165) is 116 Å². The summed E-state index contributed by atoms with van der Waals surface area (Å²) in [4.78, 5) is 30.3. The van der Waals surface area contributed by atoms with Crippen molar-refractivity contribution in [3.63, 3.8) is 0 Å². The summed E-state index contributed by atoms with van der Waals surface area (Å²) in [5, 5.41) is 6.58. The third-order valence-electron chi connectivity index (χ3n) is 11.7. The maximum Gasteiger partial charge on any atom is 0.160 e. The van der Waals surface area contributed by atoms with Gasteiger partial charge in [0.05, 0.1) is 50.5 Å². The molecule has 0 unspecified atom stereocenters. The van der Waals surface area contributed by atoms with Crippen molar-refractivity contribution in [2.24, 2.45) is 0 Å². The molecule has 288 valence electrons. The summed E-state index contributed by atoms with van der Waals surface area (Å²) >= 11 is 0. The number of pyridine rings is 4. The Morgan fingerprint density at radius 3 is 1.63 bits per heavy atom. The lowest BCUT2D eigenvalue weighted by Crippen LogP contribution is -1.97. The van der Waals surface area contributed by atoms with Gasteiger partial charge in [-0.2, -0.15) is 0 Å². The molecule has 5 heterocycles. The highest BCUT2D eigenvalue weighted by atomic mass is 14.9. The van der Waals surface area contributed by atoms with E-state index in [9.17, 15) is 0 Å². The van der Waals surface area contributed by atoms with Crippen LogP contribution < -0.4 is 0 Å². The van der Waals surface area contributed by atoms with E-state index in [0.29, 0.717) is 5.82 Å². The van der Waals surface area contributed by atoms with Crippen LogP contribution in [0.3, 0.4) is 0 Å². The number of rotatable bonds is 6. The molecule has 0 amide bonds. The molecule has 6 nitrogen and oxygen atoms in total. The molecular formula is C56H34N6. The number of fused-ring (bicyclic) bond motifs is 6. The summed E-state index contributed by atoms with van der Waals surface area (Å²) in [7, 11) is 0. The number of nitrogens with zero attached hydrogens (tertiary/aromatic N) is 6. The summed E-state index contributed by atoms with van der Waals surface area (Å²) in [6.07, 6.45) is 1.83.